The summed E-state index contributed by atoms with van der Waals surface area (Å²) < 4.78 is 54.6. The zero-order valence-corrected chi connectivity index (χ0v) is 65.0. The van der Waals surface area contributed by atoms with E-state index in [2.05, 4.69) is 90.2 Å². The standard InChI is InChI=1S/C22H23FN4O2.C22H23N5O2.C22H23N3O3.C21H22N3O3/c1-25-8-7-15-11-26(13-19(15)25)16-4-6-21-24-18(10-22(28)27(21)12-16)14-3-5-20(29-2)17(23)9-14;1-14-12-26(9-8-25(14)3)17-5-7-21-24-19(11-22(28)27(21)13-17)16-4-6-18-20(10-16)29-15(2)23-18;1-14-10-17(15-6-8-23-9-7-15)13-25-21(26)12-18(24-22(14)25)16-4-5-19(27-2)20(11-16)28-3;1-26-19-6-3-15(12-20(19)27-2)16-11-17-4-5-18(14-24(17)21(25)13-16)23-9-7-22-8-10-23/h3-6,9-10,12,15,19H,7-8,11,13H2,1-2H3;4-7,10-11,13-14H,8-9,12H2,1-3H3;4-6,10-13,23H,7-9H2,1-3H3;3-6,9,11-14,22H,7-8,10H2,1-2H3/q;;;+1/t15-,19+;14-;;/m11../s1. The molecule has 0 spiro atoms. The minimum Gasteiger partial charge on any atom is -0.494 e. The number of oxazole rings is 1. The maximum Gasteiger partial charge on any atom is 0.258 e. The first-order valence-corrected chi connectivity index (χ1v) is 37.9. The first-order chi connectivity index (χ1) is 54.8. The summed E-state index contributed by atoms with van der Waals surface area (Å²) in [6.07, 6.45) is 14.0. The van der Waals surface area contributed by atoms with Crippen molar-refractivity contribution in [2.24, 2.45) is 5.92 Å². The van der Waals surface area contributed by atoms with Crippen molar-refractivity contribution in [3.05, 3.63) is 241 Å². The summed E-state index contributed by atoms with van der Waals surface area (Å²) in [6.45, 7) is 16.6. The summed E-state index contributed by atoms with van der Waals surface area (Å²) in [5.41, 5.74) is 15.8. The minimum atomic E-state index is -0.480. The van der Waals surface area contributed by atoms with Crippen molar-refractivity contribution in [1.29, 1.82) is 0 Å². The Morgan fingerprint density at radius 2 is 1.12 bits per heavy atom. The Kier molecular flexibility index (Phi) is 22.1. The van der Waals surface area contributed by atoms with E-state index >= 15 is 0 Å². The predicted octanol–water partition coefficient (Wildman–Crippen LogP) is 11.0. The second-order valence-electron chi connectivity index (χ2n) is 29.0. The molecule has 18 rings (SSSR count). The number of halogens is 1. The van der Waals surface area contributed by atoms with Crippen molar-refractivity contribution in [2.75, 3.05) is 131 Å². The molecule has 0 radical (unpaired) electrons. The van der Waals surface area contributed by atoms with Gasteiger partial charge in [0.05, 0.1) is 83.3 Å². The van der Waals surface area contributed by atoms with Crippen molar-refractivity contribution < 1.29 is 37.1 Å². The molecule has 4 aromatic carbocycles. The van der Waals surface area contributed by atoms with Crippen LogP contribution in [0.2, 0.25) is 0 Å². The van der Waals surface area contributed by atoms with Crippen molar-refractivity contribution in [2.45, 2.75) is 45.7 Å². The van der Waals surface area contributed by atoms with Gasteiger partial charge in [-0.25, -0.2) is 24.3 Å². The smallest absolute Gasteiger partial charge is 0.258 e. The lowest BCUT2D eigenvalue weighted by Gasteiger charge is -2.39. The molecule has 0 aliphatic carbocycles. The van der Waals surface area contributed by atoms with Crippen LogP contribution in [-0.2, 0) is 0 Å². The first-order valence-electron chi connectivity index (χ1n) is 37.9. The molecule has 113 heavy (non-hydrogen) atoms. The lowest BCUT2D eigenvalue weighted by molar-refractivity contribution is -0.438. The van der Waals surface area contributed by atoms with E-state index in [4.69, 9.17) is 38.1 Å². The van der Waals surface area contributed by atoms with Crippen molar-refractivity contribution >= 4 is 62.4 Å². The van der Waals surface area contributed by atoms with Crippen LogP contribution in [0.4, 0.5) is 21.5 Å². The maximum atomic E-state index is 14.1. The number of anilines is 2. The highest BCUT2D eigenvalue weighted by atomic mass is 19.1. The zero-order valence-electron chi connectivity index (χ0n) is 65.0. The number of aryl methyl sites for hydroxylation is 2. The molecule has 25 nitrogen and oxygen atoms in total. The van der Waals surface area contributed by atoms with Crippen molar-refractivity contribution in [3.8, 4) is 73.6 Å². The molecule has 580 valence electrons. The molecule has 9 aromatic heterocycles. The van der Waals surface area contributed by atoms with Crippen LogP contribution >= 0.6 is 0 Å². The largest absolute Gasteiger partial charge is 0.494 e. The monoisotopic (exact) mass is 1520 g/mol. The molecule has 5 aliphatic rings. The van der Waals surface area contributed by atoms with Gasteiger partial charge < -0.3 is 58.3 Å². The third-order valence-corrected chi connectivity index (χ3v) is 21.9. The number of benzene rings is 4. The van der Waals surface area contributed by atoms with Crippen molar-refractivity contribution in [3.63, 3.8) is 0 Å². The van der Waals surface area contributed by atoms with E-state index in [9.17, 15) is 23.6 Å². The normalized spacial score (nSPS) is 17.0. The summed E-state index contributed by atoms with van der Waals surface area (Å²) in [5.74, 6) is 3.54. The van der Waals surface area contributed by atoms with E-state index in [1.54, 1.807) is 76.4 Å². The fraction of sp³-hybridized carbons (Fsp3) is 0.299. The zero-order chi connectivity index (χ0) is 78.7. The fourth-order valence-electron chi connectivity index (χ4n) is 15.5. The van der Waals surface area contributed by atoms with E-state index in [-0.39, 0.29) is 28.0 Å². The molecular weight excluding hydrogens is 1430 g/mol. The third-order valence-electron chi connectivity index (χ3n) is 21.9. The second kappa shape index (κ2) is 32.9. The molecule has 26 heteroatoms. The summed E-state index contributed by atoms with van der Waals surface area (Å²) in [4.78, 5) is 79.1. The number of piperazine rings is 1. The molecule has 3 saturated heterocycles. The SMILES string of the molecule is COc1ccc(-c2cc(=O)n3cc(C4=CCNCC4)cc(C)c3n2)cc1OC.COc1ccc(-c2cc(=O)n3cc(N4C[C@H]5CCN(C)[C@H]5C4)ccc3n2)cc1F.COc1ccc(-c2cc(=O)n3cc([N+]4=CCNCC4)ccc3c2)cc1OC.Cc1nc2ccc(-c3cc(=O)n4cc(N5CCN(C)[C@H](C)C5)ccc4n3)cc2o1. The third kappa shape index (κ3) is 16.1. The lowest BCUT2D eigenvalue weighted by Crippen LogP contribution is -2.50. The number of likely N-dealkylation sites (tertiary alicyclic amines) is 1. The van der Waals surface area contributed by atoms with Gasteiger partial charge in [-0.3, -0.25) is 36.8 Å². The molecule has 0 bridgehead atoms. The maximum absolute atomic E-state index is 14.1. The van der Waals surface area contributed by atoms with E-state index in [1.165, 1.54) is 37.8 Å². The van der Waals surface area contributed by atoms with Crippen LogP contribution in [0.1, 0.15) is 36.8 Å². The molecule has 0 amide bonds. The molecule has 0 unspecified atom stereocenters. The van der Waals surface area contributed by atoms with Crippen LogP contribution in [0.25, 0.3) is 84.0 Å². The van der Waals surface area contributed by atoms with Gasteiger partial charge in [0, 0.05) is 129 Å². The van der Waals surface area contributed by atoms with Gasteiger partial charge in [-0.05, 0) is 191 Å². The predicted molar refractivity (Wildman–Crippen MR) is 440 cm³/mol. The van der Waals surface area contributed by atoms with Gasteiger partial charge in [-0.1, -0.05) is 18.2 Å². The number of aromatic nitrogens is 8. The van der Waals surface area contributed by atoms with Crippen LogP contribution in [-0.4, -0.2) is 192 Å². The highest BCUT2D eigenvalue weighted by molar-refractivity contribution is 5.80. The van der Waals surface area contributed by atoms with Gasteiger partial charge >= 0.3 is 0 Å². The van der Waals surface area contributed by atoms with Gasteiger partial charge in [0.25, 0.3) is 22.2 Å². The van der Waals surface area contributed by atoms with Gasteiger partial charge in [-0.2, -0.15) is 4.58 Å². The quantitative estimate of drug-likeness (QED) is 0.102. The van der Waals surface area contributed by atoms with Crippen molar-refractivity contribution in [1.82, 2.24) is 58.0 Å². The highest BCUT2D eigenvalue weighted by Gasteiger charge is 2.40. The molecule has 14 heterocycles. The molecule has 13 aromatic rings. The molecule has 3 atom stereocenters. The second-order valence-corrected chi connectivity index (χ2v) is 29.0. The summed E-state index contributed by atoms with van der Waals surface area (Å²) >= 11 is 0. The Balaban J connectivity index is 0.000000119. The Hall–Kier alpha value is -12.4. The lowest BCUT2D eigenvalue weighted by atomic mass is 10.0. The Bertz CT molecular complexity index is 6110. The minimum absolute atomic E-state index is 0.0609. The number of ether oxygens (including phenoxy) is 5. The van der Waals surface area contributed by atoms with E-state index in [0.29, 0.717) is 92.1 Å². The van der Waals surface area contributed by atoms with Gasteiger partial charge in [-0.15, -0.1) is 0 Å². The van der Waals surface area contributed by atoms with Gasteiger partial charge in [0.1, 0.15) is 22.5 Å². The number of hydrogen-bond acceptors (Lipinski definition) is 20. The van der Waals surface area contributed by atoms with E-state index < -0.39 is 5.82 Å². The number of hydrogen-bond donors (Lipinski definition) is 2. The molecule has 2 N–H and O–H groups in total. The Labute approximate surface area is 651 Å². The van der Waals surface area contributed by atoms with E-state index in [0.717, 1.165) is 133 Å². The number of pyridine rings is 5. The summed E-state index contributed by atoms with van der Waals surface area (Å²) in [7, 11) is 12.1. The average molecular weight is 1530 g/mol. The number of nitrogens with one attached hydrogen (secondary N) is 2. The molecular formula is C87H91FN15O10+. The topological polar surface area (TPSA) is 237 Å². The van der Waals surface area contributed by atoms with Crippen LogP contribution in [0.3, 0.4) is 0 Å². The van der Waals surface area contributed by atoms with Crippen LogP contribution in [0.15, 0.2) is 200 Å². The Morgan fingerprint density at radius 1 is 0.504 bits per heavy atom. The van der Waals surface area contributed by atoms with Crippen LogP contribution in [0, 0.1) is 25.6 Å². The van der Waals surface area contributed by atoms with Crippen LogP contribution < -0.4 is 66.4 Å². The van der Waals surface area contributed by atoms with E-state index in [1.807, 2.05) is 130 Å². The van der Waals surface area contributed by atoms with Gasteiger partial charge in [0.2, 0.25) is 5.69 Å². The number of rotatable bonds is 13. The number of methoxy groups -OCH3 is 5. The van der Waals surface area contributed by atoms with Gasteiger partial charge in [0.15, 0.2) is 58.8 Å². The first kappa shape index (κ1) is 76.0. The molecule has 3 fully saturated rings. The Morgan fingerprint density at radius 3 is 1.75 bits per heavy atom. The summed E-state index contributed by atoms with van der Waals surface area (Å²) in [5, 5.41) is 6.61. The molecule has 0 saturated carbocycles. The highest BCUT2D eigenvalue weighted by Crippen LogP contribution is 2.37. The number of nitrogens with zero attached hydrogens (tertiary/aromatic N) is 13. The number of fused-ring (bicyclic) bond motifs is 6. The summed E-state index contributed by atoms with van der Waals surface area (Å²) in [6, 6.07) is 44.8. The molecule has 5 aliphatic heterocycles. The van der Waals surface area contributed by atoms with Crippen LogP contribution in [0.5, 0.6) is 28.7 Å². The number of likely N-dealkylation sites (N-methyl/N-ethyl adjacent to an activating group) is 2. The average Bonchev–Trinajstić information content (AvgIpc) is 1.21. The fourth-order valence-corrected chi connectivity index (χ4v) is 15.5.